The molecule has 3 nitrogen and oxygen atoms in total. The van der Waals surface area contributed by atoms with Gasteiger partial charge >= 0.3 is 6.18 Å². The number of hydrogen-bond acceptors (Lipinski definition) is 3. The Kier molecular flexibility index (Phi) is 5.29. The number of hydrogen-bond donors (Lipinski definition) is 1. The summed E-state index contributed by atoms with van der Waals surface area (Å²) >= 11 is 0.808. The van der Waals surface area contributed by atoms with Crippen LogP contribution < -0.4 is 0 Å². The molecule has 1 unspecified atom stereocenters. The summed E-state index contributed by atoms with van der Waals surface area (Å²) in [6, 6.07) is 18.4. The molecule has 8 heteroatoms. The number of alkyl halides is 3. The van der Waals surface area contributed by atoms with Crippen molar-refractivity contribution in [3.8, 4) is 5.69 Å². The van der Waals surface area contributed by atoms with E-state index in [1.807, 2.05) is 30.3 Å². The van der Waals surface area contributed by atoms with Crippen molar-refractivity contribution in [2.75, 3.05) is 5.75 Å². The maximum absolute atomic E-state index is 13.9. The van der Waals surface area contributed by atoms with Gasteiger partial charge in [-0.05, 0) is 54.1 Å². The number of halogens is 4. The second kappa shape index (κ2) is 7.77. The van der Waals surface area contributed by atoms with Crippen molar-refractivity contribution in [3.05, 3.63) is 90.4 Å². The van der Waals surface area contributed by atoms with Crippen LogP contribution in [0.2, 0.25) is 0 Å². The van der Waals surface area contributed by atoms with Gasteiger partial charge in [-0.1, -0.05) is 24.3 Å². The van der Waals surface area contributed by atoms with E-state index in [1.54, 1.807) is 4.68 Å². The van der Waals surface area contributed by atoms with E-state index < -0.39 is 23.3 Å². The fraction of sp³-hybridized carbons (Fsp3) is 0.136. The Morgan fingerprint density at radius 2 is 1.63 bits per heavy atom. The number of aromatic nitrogens is 2. The molecule has 1 atom stereocenters. The third-order valence-corrected chi connectivity index (χ3v) is 5.94. The average Bonchev–Trinajstić information content (AvgIpc) is 3.16. The van der Waals surface area contributed by atoms with E-state index in [2.05, 4.69) is 5.10 Å². The van der Waals surface area contributed by atoms with Crippen molar-refractivity contribution >= 4 is 22.7 Å². The Morgan fingerprint density at radius 1 is 0.933 bits per heavy atom. The van der Waals surface area contributed by atoms with Crippen LogP contribution >= 0.6 is 11.8 Å². The molecular weight excluding hydrogens is 416 g/mol. The fourth-order valence-electron chi connectivity index (χ4n) is 3.11. The van der Waals surface area contributed by atoms with Gasteiger partial charge in [0.05, 0.1) is 17.4 Å². The van der Waals surface area contributed by atoms with Crippen molar-refractivity contribution in [1.82, 2.24) is 9.78 Å². The second-order valence-electron chi connectivity index (χ2n) is 6.77. The summed E-state index contributed by atoms with van der Waals surface area (Å²) in [6.45, 7) is 0. The van der Waals surface area contributed by atoms with E-state index in [9.17, 15) is 22.7 Å². The second-order valence-corrected chi connectivity index (χ2v) is 7.81. The molecule has 0 saturated heterocycles. The van der Waals surface area contributed by atoms with E-state index in [-0.39, 0.29) is 5.56 Å². The topological polar surface area (TPSA) is 38.1 Å². The maximum atomic E-state index is 13.9. The van der Waals surface area contributed by atoms with E-state index in [0.29, 0.717) is 15.8 Å². The minimum Gasteiger partial charge on any atom is -0.376 e. The first-order chi connectivity index (χ1) is 14.3. The number of para-hydroxylation sites is 1. The lowest BCUT2D eigenvalue weighted by atomic mass is 9.94. The molecule has 0 amide bonds. The van der Waals surface area contributed by atoms with Crippen LogP contribution in [0.5, 0.6) is 0 Å². The minimum atomic E-state index is -4.90. The highest BCUT2D eigenvalue weighted by Gasteiger charge is 2.55. The molecule has 0 spiro atoms. The van der Waals surface area contributed by atoms with Crippen LogP contribution in [0.3, 0.4) is 0 Å². The molecule has 4 aromatic rings. The van der Waals surface area contributed by atoms with Gasteiger partial charge < -0.3 is 5.11 Å². The van der Waals surface area contributed by atoms with E-state index >= 15 is 0 Å². The molecule has 30 heavy (non-hydrogen) atoms. The van der Waals surface area contributed by atoms with Gasteiger partial charge in [-0.25, -0.2) is 9.07 Å². The minimum absolute atomic E-state index is 0.273. The SMILES string of the molecule is OC(CSc1ccc(F)cc1)(c1ccc2c(cnn2-c2ccccc2)c1)C(F)(F)F. The number of fused-ring (bicyclic) bond motifs is 1. The Bertz CT molecular complexity index is 1160. The Morgan fingerprint density at radius 3 is 2.30 bits per heavy atom. The van der Waals surface area contributed by atoms with Crippen molar-refractivity contribution in [2.24, 2.45) is 0 Å². The first-order valence-electron chi connectivity index (χ1n) is 8.99. The van der Waals surface area contributed by atoms with Crippen LogP contribution in [-0.4, -0.2) is 26.8 Å². The third kappa shape index (κ3) is 3.80. The summed E-state index contributed by atoms with van der Waals surface area (Å²) in [5, 5.41) is 15.4. The molecule has 1 N–H and O–H groups in total. The van der Waals surface area contributed by atoms with Gasteiger partial charge in [0, 0.05) is 16.0 Å². The molecule has 154 valence electrons. The first kappa shape index (κ1) is 20.4. The standard InChI is InChI=1S/C22H16F4N2OS/c23-17-7-9-19(10-8-17)30-14-21(29,22(24,25)26)16-6-11-20-15(12-16)13-27-28(20)18-4-2-1-3-5-18/h1-13,29H,14H2. The zero-order chi connectivity index (χ0) is 21.4. The molecule has 0 saturated carbocycles. The van der Waals surface area contributed by atoms with Gasteiger partial charge in [0.2, 0.25) is 0 Å². The summed E-state index contributed by atoms with van der Waals surface area (Å²) < 4.78 is 56.3. The molecule has 0 bridgehead atoms. The molecule has 0 radical (unpaired) electrons. The normalized spacial score (nSPS) is 14.0. The first-order valence-corrected chi connectivity index (χ1v) is 9.98. The molecule has 4 rings (SSSR count). The summed E-state index contributed by atoms with van der Waals surface area (Å²) in [5.41, 5.74) is -1.95. The summed E-state index contributed by atoms with van der Waals surface area (Å²) in [7, 11) is 0. The van der Waals surface area contributed by atoms with Gasteiger partial charge in [0.25, 0.3) is 0 Å². The van der Waals surface area contributed by atoms with E-state index in [0.717, 1.165) is 17.4 Å². The van der Waals surface area contributed by atoms with Crippen LogP contribution in [0.25, 0.3) is 16.6 Å². The predicted molar refractivity (Wildman–Crippen MR) is 108 cm³/mol. The quantitative estimate of drug-likeness (QED) is 0.324. The van der Waals surface area contributed by atoms with Crippen molar-refractivity contribution in [1.29, 1.82) is 0 Å². The zero-order valence-electron chi connectivity index (χ0n) is 15.5. The number of nitrogens with zero attached hydrogens (tertiary/aromatic N) is 2. The molecule has 1 heterocycles. The van der Waals surface area contributed by atoms with Gasteiger partial charge in [-0.2, -0.15) is 18.3 Å². The third-order valence-electron chi connectivity index (χ3n) is 4.78. The lowest BCUT2D eigenvalue weighted by molar-refractivity contribution is -0.256. The molecule has 0 aliphatic heterocycles. The lowest BCUT2D eigenvalue weighted by Gasteiger charge is -2.30. The van der Waals surface area contributed by atoms with Crippen LogP contribution in [-0.2, 0) is 5.60 Å². The number of aliphatic hydroxyl groups is 1. The highest BCUT2D eigenvalue weighted by atomic mass is 32.2. The summed E-state index contributed by atoms with van der Waals surface area (Å²) in [5.74, 6) is -1.15. The smallest absolute Gasteiger partial charge is 0.376 e. The molecular formula is C22H16F4N2OS. The van der Waals surface area contributed by atoms with Crippen molar-refractivity contribution in [3.63, 3.8) is 0 Å². The Labute approximate surface area is 174 Å². The average molecular weight is 432 g/mol. The van der Waals surface area contributed by atoms with Crippen LogP contribution in [0.15, 0.2) is 83.9 Å². The predicted octanol–water partition coefficient (Wildman–Crippen LogP) is 5.71. The van der Waals surface area contributed by atoms with Crippen LogP contribution in [0.1, 0.15) is 5.56 Å². The fourth-order valence-corrected chi connectivity index (χ4v) is 4.15. The number of benzene rings is 3. The Hall–Kier alpha value is -2.84. The van der Waals surface area contributed by atoms with Gasteiger partial charge in [0.1, 0.15) is 5.82 Å². The number of rotatable bonds is 5. The van der Waals surface area contributed by atoms with Crippen molar-refractivity contribution in [2.45, 2.75) is 16.7 Å². The van der Waals surface area contributed by atoms with Gasteiger partial charge in [0.15, 0.2) is 5.60 Å². The lowest BCUT2D eigenvalue weighted by Crippen LogP contribution is -2.44. The summed E-state index contributed by atoms with van der Waals surface area (Å²) in [6.07, 6.45) is -3.43. The molecule has 0 aliphatic carbocycles. The van der Waals surface area contributed by atoms with Gasteiger partial charge in [-0.15, -0.1) is 11.8 Å². The monoisotopic (exact) mass is 432 g/mol. The number of thioether (sulfide) groups is 1. The van der Waals surface area contributed by atoms with Crippen LogP contribution in [0.4, 0.5) is 17.6 Å². The van der Waals surface area contributed by atoms with E-state index in [4.69, 9.17) is 0 Å². The molecule has 3 aromatic carbocycles. The van der Waals surface area contributed by atoms with E-state index in [1.165, 1.54) is 48.7 Å². The zero-order valence-corrected chi connectivity index (χ0v) is 16.3. The maximum Gasteiger partial charge on any atom is 0.422 e. The summed E-state index contributed by atoms with van der Waals surface area (Å²) in [4.78, 5) is 0.428. The highest BCUT2D eigenvalue weighted by molar-refractivity contribution is 7.99. The van der Waals surface area contributed by atoms with Gasteiger partial charge in [-0.3, -0.25) is 0 Å². The molecule has 1 aromatic heterocycles. The largest absolute Gasteiger partial charge is 0.422 e. The van der Waals surface area contributed by atoms with Crippen molar-refractivity contribution < 1.29 is 22.7 Å². The highest BCUT2D eigenvalue weighted by Crippen LogP contribution is 2.43. The Balaban J connectivity index is 1.69. The molecule has 0 aliphatic rings. The van der Waals surface area contributed by atoms with Crippen LogP contribution in [0, 0.1) is 5.82 Å². The molecule has 0 fully saturated rings.